The van der Waals surface area contributed by atoms with Gasteiger partial charge in [0.1, 0.15) is 0 Å². The Hall–Kier alpha value is -0.970. The number of nitrogens with zero attached hydrogens (tertiary/aromatic N) is 3. The van der Waals surface area contributed by atoms with Crippen molar-refractivity contribution >= 4 is 0 Å². The third-order valence-corrected chi connectivity index (χ3v) is 3.46. The molecule has 4 heteroatoms. The third kappa shape index (κ3) is 3.77. The Morgan fingerprint density at radius 3 is 2.94 bits per heavy atom. The first kappa shape index (κ1) is 13.5. The highest BCUT2D eigenvalue weighted by molar-refractivity contribution is 5.04. The third-order valence-electron chi connectivity index (χ3n) is 3.46. The summed E-state index contributed by atoms with van der Waals surface area (Å²) in [6, 6.07) is 7.27. The van der Waals surface area contributed by atoms with Gasteiger partial charge in [0.15, 0.2) is 0 Å². The Bertz CT molecular complexity index is 352. The number of nitrogens with one attached hydrogen (secondary N) is 1. The number of piperazine rings is 1. The van der Waals surface area contributed by atoms with Crippen molar-refractivity contribution in [1.82, 2.24) is 20.1 Å². The average molecular weight is 248 g/mol. The summed E-state index contributed by atoms with van der Waals surface area (Å²) in [5.41, 5.74) is 1.16. The maximum atomic E-state index is 4.42. The first-order valence-electron chi connectivity index (χ1n) is 6.67. The van der Waals surface area contributed by atoms with Gasteiger partial charge in [0.2, 0.25) is 0 Å². The van der Waals surface area contributed by atoms with Crippen molar-refractivity contribution < 1.29 is 0 Å². The van der Waals surface area contributed by atoms with Crippen LogP contribution in [-0.2, 0) is 6.54 Å². The van der Waals surface area contributed by atoms with Gasteiger partial charge < -0.3 is 10.2 Å². The van der Waals surface area contributed by atoms with E-state index in [1.54, 1.807) is 0 Å². The molecule has 1 saturated heterocycles. The quantitative estimate of drug-likeness (QED) is 0.854. The molecule has 1 aliphatic rings. The van der Waals surface area contributed by atoms with E-state index < -0.39 is 0 Å². The van der Waals surface area contributed by atoms with Gasteiger partial charge >= 0.3 is 0 Å². The zero-order valence-corrected chi connectivity index (χ0v) is 11.6. The monoisotopic (exact) mass is 248 g/mol. The Morgan fingerprint density at radius 2 is 2.28 bits per heavy atom. The van der Waals surface area contributed by atoms with E-state index in [0.717, 1.165) is 31.9 Å². The van der Waals surface area contributed by atoms with Crippen LogP contribution in [0.4, 0.5) is 0 Å². The van der Waals surface area contributed by atoms with Gasteiger partial charge in [-0.3, -0.25) is 9.88 Å². The fourth-order valence-electron chi connectivity index (χ4n) is 2.48. The lowest BCUT2D eigenvalue weighted by molar-refractivity contribution is 0.119. The van der Waals surface area contributed by atoms with E-state index in [1.807, 2.05) is 12.3 Å². The molecule has 2 heterocycles. The zero-order chi connectivity index (χ0) is 13.0. The van der Waals surface area contributed by atoms with Gasteiger partial charge in [-0.2, -0.15) is 0 Å². The summed E-state index contributed by atoms with van der Waals surface area (Å²) in [5, 5.41) is 3.61. The summed E-state index contributed by atoms with van der Waals surface area (Å²) in [7, 11) is 4.26. The minimum atomic E-state index is 0.555. The van der Waals surface area contributed by atoms with Crippen LogP contribution < -0.4 is 5.32 Å². The SMILES string of the molecule is CC1CNC(CN(C)C)CN1Cc1ccccn1. The minimum absolute atomic E-state index is 0.555. The first-order chi connectivity index (χ1) is 8.65. The number of hydrogen-bond acceptors (Lipinski definition) is 4. The molecule has 2 rings (SSSR count). The first-order valence-corrected chi connectivity index (χ1v) is 6.67. The van der Waals surface area contributed by atoms with Crippen LogP contribution in [0.2, 0.25) is 0 Å². The van der Waals surface area contributed by atoms with Crippen LogP contribution in [0, 0.1) is 0 Å². The van der Waals surface area contributed by atoms with Gasteiger partial charge in [-0.25, -0.2) is 0 Å². The highest BCUT2D eigenvalue weighted by Crippen LogP contribution is 2.11. The van der Waals surface area contributed by atoms with Crippen LogP contribution in [0.25, 0.3) is 0 Å². The summed E-state index contributed by atoms with van der Waals surface area (Å²) in [6.45, 7) is 6.47. The second-order valence-electron chi connectivity index (χ2n) is 5.47. The normalized spacial score (nSPS) is 25.6. The lowest BCUT2D eigenvalue weighted by Crippen LogP contribution is -2.57. The highest BCUT2D eigenvalue weighted by atomic mass is 15.2. The molecule has 0 amide bonds. The fraction of sp³-hybridized carbons (Fsp3) is 0.643. The zero-order valence-electron chi connectivity index (χ0n) is 11.6. The van der Waals surface area contributed by atoms with Gasteiger partial charge in [0.25, 0.3) is 0 Å². The average Bonchev–Trinajstić information content (AvgIpc) is 2.34. The summed E-state index contributed by atoms with van der Waals surface area (Å²) >= 11 is 0. The predicted molar refractivity (Wildman–Crippen MR) is 74.5 cm³/mol. The number of rotatable bonds is 4. The van der Waals surface area contributed by atoms with Gasteiger partial charge in [-0.15, -0.1) is 0 Å². The molecule has 0 aromatic carbocycles. The Labute approximate surface area is 110 Å². The lowest BCUT2D eigenvalue weighted by Gasteiger charge is -2.39. The molecule has 100 valence electrons. The summed E-state index contributed by atoms with van der Waals surface area (Å²) < 4.78 is 0. The highest BCUT2D eigenvalue weighted by Gasteiger charge is 2.25. The molecule has 0 bridgehead atoms. The molecule has 0 radical (unpaired) electrons. The van der Waals surface area contributed by atoms with Crippen molar-refractivity contribution in [3.63, 3.8) is 0 Å². The van der Waals surface area contributed by atoms with E-state index in [-0.39, 0.29) is 0 Å². The fourth-order valence-corrected chi connectivity index (χ4v) is 2.48. The molecule has 4 nitrogen and oxygen atoms in total. The summed E-state index contributed by atoms with van der Waals surface area (Å²) in [6.07, 6.45) is 1.87. The van der Waals surface area contributed by atoms with Crippen molar-refractivity contribution in [2.24, 2.45) is 0 Å². The van der Waals surface area contributed by atoms with Crippen molar-refractivity contribution in [1.29, 1.82) is 0 Å². The van der Waals surface area contributed by atoms with Gasteiger partial charge in [-0.05, 0) is 33.2 Å². The van der Waals surface area contributed by atoms with E-state index in [9.17, 15) is 0 Å². The number of aromatic nitrogens is 1. The summed E-state index contributed by atoms with van der Waals surface area (Å²) in [5.74, 6) is 0. The van der Waals surface area contributed by atoms with Crippen LogP contribution in [0.1, 0.15) is 12.6 Å². The molecule has 0 saturated carbocycles. The maximum absolute atomic E-state index is 4.42. The molecule has 1 aliphatic heterocycles. The molecule has 0 aliphatic carbocycles. The van der Waals surface area contributed by atoms with Crippen LogP contribution in [0.15, 0.2) is 24.4 Å². The Kier molecular flexibility index (Phi) is 4.69. The molecule has 0 spiro atoms. The molecule has 2 unspecified atom stereocenters. The molecule has 2 atom stereocenters. The standard InChI is InChI=1S/C14H24N4/c1-12-8-16-14(9-17(2)3)11-18(12)10-13-6-4-5-7-15-13/h4-7,12,14,16H,8-11H2,1-3H3. The molecule has 18 heavy (non-hydrogen) atoms. The second-order valence-corrected chi connectivity index (χ2v) is 5.47. The van der Waals surface area contributed by atoms with Crippen molar-refractivity contribution in [3.8, 4) is 0 Å². The van der Waals surface area contributed by atoms with Gasteiger partial charge in [0.05, 0.1) is 5.69 Å². The van der Waals surface area contributed by atoms with Crippen molar-refractivity contribution in [2.45, 2.75) is 25.6 Å². The summed E-state index contributed by atoms with van der Waals surface area (Å²) in [4.78, 5) is 9.18. The van der Waals surface area contributed by atoms with Crippen molar-refractivity contribution in [3.05, 3.63) is 30.1 Å². The number of pyridine rings is 1. The smallest absolute Gasteiger partial charge is 0.0544 e. The van der Waals surface area contributed by atoms with E-state index >= 15 is 0 Å². The number of hydrogen-bond donors (Lipinski definition) is 1. The van der Waals surface area contributed by atoms with Crippen LogP contribution in [-0.4, -0.2) is 60.6 Å². The maximum Gasteiger partial charge on any atom is 0.0544 e. The van der Waals surface area contributed by atoms with Gasteiger partial charge in [-0.1, -0.05) is 6.07 Å². The van der Waals surface area contributed by atoms with Crippen molar-refractivity contribution in [2.75, 3.05) is 33.7 Å². The topological polar surface area (TPSA) is 31.4 Å². The largest absolute Gasteiger partial charge is 0.310 e. The molecular weight excluding hydrogens is 224 g/mol. The number of likely N-dealkylation sites (N-methyl/N-ethyl adjacent to an activating group) is 1. The molecule has 1 aromatic heterocycles. The molecule has 1 fully saturated rings. The van der Waals surface area contributed by atoms with E-state index in [4.69, 9.17) is 0 Å². The predicted octanol–water partition coefficient (Wildman–Crippen LogP) is 0.805. The van der Waals surface area contributed by atoms with Crippen LogP contribution >= 0.6 is 0 Å². The van der Waals surface area contributed by atoms with Crippen LogP contribution in [0.5, 0.6) is 0 Å². The Morgan fingerprint density at radius 1 is 1.44 bits per heavy atom. The van der Waals surface area contributed by atoms with Gasteiger partial charge in [0, 0.05) is 44.5 Å². The van der Waals surface area contributed by atoms with E-state index in [2.05, 4.69) is 53.3 Å². The molecule has 1 aromatic rings. The second kappa shape index (κ2) is 6.27. The van der Waals surface area contributed by atoms with Crippen LogP contribution in [0.3, 0.4) is 0 Å². The van der Waals surface area contributed by atoms with E-state index in [1.165, 1.54) is 0 Å². The molecule has 1 N–H and O–H groups in total. The lowest BCUT2D eigenvalue weighted by atomic mass is 10.1. The Balaban J connectivity index is 1.93. The minimum Gasteiger partial charge on any atom is -0.310 e. The molecular formula is C14H24N4. The van der Waals surface area contributed by atoms with E-state index in [0.29, 0.717) is 12.1 Å².